The van der Waals surface area contributed by atoms with Gasteiger partial charge < -0.3 is 10.5 Å². The largest absolute Gasteiger partial charge is 0.494 e. The highest BCUT2D eigenvalue weighted by molar-refractivity contribution is 5.87. The van der Waals surface area contributed by atoms with Crippen molar-refractivity contribution < 1.29 is 4.74 Å². The number of fused-ring (bicyclic) bond motifs is 1. The van der Waals surface area contributed by atoms with E-state index in [4.69, 9.17) is 10.5 Å². The summed E-state index contributed by atoms with van der Waals surface area (Å²) in [5, 5.41) is 1.08. The number of aromatic nitrogens is 1. The summed E-state index contributed by atoms with van der Waals surface area (Å²) >= 11 is 0. The standard InChI is InChI=1S/C14H18N2O/c1-9(2)12-7-10(8-15)11-5-4-6-13(17-3)14(11)16-12/h4-7,9H,8,15H2,1-3H3. The topological polar surface area (TPSA) is 48.1 Å². The van der Waals surface area contributed by atoms with Crippen LogP contribution < -0.4 is 10.5 Å². The molecule has 0 radical (unpaired) electrons. The molecule has 0 amide bonds. The fraction of sp³-hybridized carbons (Fsp3) is 0.357. The van der Waals surface area contributed by atoms with Crippen LogP contribution in [0.25, 0.3) is 10.9 Å². The van der Waals surface area contributed by atoms with Crippen LogP contribution >= 0.6 is 0 Å². The number of hydrogen-bond donors (Lipinski definition) is 1. The first kappa shape index (κ1) is 11.9. The van der Waals surface area contributed by atoms with Crippen molar-refractivity contribution in [2.45, 2.75) is 26.3 Å². The monoisotopic (exact) mass is 230 g/mol. The molecule has 3 heteroatoms. The van der Waals surface area contributed by atoms with E-state index >= 15 is 0 Å². The Kier molecular flexibility index (Phi) is 3.29. The number of rotatable bonds is 3. The van der Waals surface area contributed by atoms with E-state index in [9.17, 15) is 0 Å². The van der Waals surface area contributed by atoms with E-state index in [0.717, 1.165) is 27.9 Å². The molecule has 0 spiro atoms. The molecule has 1 aromatic heterocycles. The highest BCUT2D eigenvalue weighted by atomic mass is 16.5. The number of para-hydroxylation sites is 1. The summed E-state index contributed by atoms with van der Waals surface area (Å²) in [6.07, 6.45) is 0. The van der Waals surface area contributed by atoms with Gasteiger partial charge >= 0.3 is 0 Å². The van der Waals surface area contributed by atoms with Crippen molar-refractivity contribution in [3.63, 3.8) is 0 Å². The van der Waals surface area contributed by atoms with Crippen LogP contribution in [-0.4, -0.2) is 12.1 Å². The Balaban J connectivity index is 2.78. The summed E-state index contributed by atoms with van der Waals surface area (Å²) in [6.45, 7) is 4.78. The lowest BCUT2D eigenvalue weighted by atomic mass is 10.0. The maximum Gasteiger partial charge on any atom is 0.145 e. The van der Waals surface area contributed by atoms with Crippen LogP contribution in [0.5, 0.6) is 5.75 Å². The maximum absolute atomic E-state index is 5.81. The molecule has 1 aromatic carbocycles. The first-order chi connectivity index (χ1) is 8.17. The van der Waals surface area contributed by atoms with Gasteiger partial charge in [0.05, 0.1) is 7.11 Å². The van der Waals surface area contributed by atoms with E-state index in [0.29, 0.717) is 12.5 Å². The third-order valence-corrected chi connectivity index (χ3v) is 2.94. The molecule has 90 valence electrons. The second-order valence-corrected chi connectivity index (χ2v) is 4.42. The van der Waals surface area contributed by atoms with Crippen molar-refractivity contribution in [1.82, 2.24) is 4.98 Å². The number of hydrogen-bond acceptors (Lipinski definition) is 3. The summed E-state index contributed by atoms with van der Waals surface area (Å²) in [5.41, 5.74) is 8.89. The van der Waals surface area contributed by atoms with Gasteiger partial charge in [0, 0.05) is 17.6 Å². The van der Waals surface area contributed by atoms with Crippen molar-refractivity contribution >= 4 is 10.9 Å². The van der Waals surface area contributed by atoms with Gasteiger partial charge in [-0.3, -0.25) is 0 Å². The summed E-state index contributed by atoms with van der Waals surface area (Å²) in [6, 6.07) is 8.03. The molecule has 0 aliphatic heterocycles. The Bertz CT molecular complexity index is 535. The van der Waals surface area contributed by atoms with Gasteiger partial charge in [-0.25, -0.2) is 4.98 Å². The predicted molar refractivity (Wildman–Crippen MR) is 70.3 cm³/mol. The summed E-state index contributed by atoms with van der Waals surface area (Å²) in [7, 11) is 1.67. The van der Waals surface area contributed by atoms with Gasteiger partial charge in [0.2, 0.25) is 0 Å². The van der Waals surface area contributed by atoms with Crippen LogP contribution in [0.4, 0.5) is 0 Å². The lowest BCUT2D eigenvalue weighted by Crippen LogP contribution is -2.03. The van der Waals surface area contributed by atoms with Gasteiger partial charge in [0.1, 0.15) is 11.3 Å². The molecule has 0 aliphatic rings. The van der Waals surface area contributed by atoms with Crippen LogP contribution in [0.1, 0.15) is 31.0 Å². The predicted octanol–water partition coefficient (Wildman–Crippen LogP) is 2.83. The summed E-state index contributed by atoms with van der Waals surface area (Å²) < 4.78 is 5.36. The third-order valence-electron chi connectivity index (χ3n) is 2.94. The Labute approximate surface area is 102 Å². The van der Waals surface area contributed by atoms with Crippen molar-refractivity contribution in [2.24, 2.45) is 5.73 Å². The number of ether oxygens (including phenoxy) is 1. The fourth-order valence-corrected chi connectivity index (χ4v) is 1.94. The lowest BCUT2D eigenvalue weighted by Gasteiger charge is -2.12. The molecule has 17 heavy (non-hydrogen) atoms. The van der Waals surface area contributed by atoms with Gasteiger partial charge in [0.15, 0.2) is 0 Å². The SMILES string of the molecule is COc1cccc2c(CN)cc(C(C)C)nc12. The quantitative estimate of drug-likeness (QED) is 0.882. The second-order valence-electron chi connectivity index (χ2n) is 4.42. The van der Waals surface area contributed by atoms with Crippen molar-refractivity contribution in [1.29, 1.82) is 0 Å². The van der Waals surface area contributed by atoms with Crippen LogP contribution in [0.2, 0.25) is 0 Å². The van der Waals surface area contributed by atoms with Crippen molar-refractivity contribution in [3.8, 4) is 5.75 Å². The fourth-order valence-electron chi connectivity index (χ4n) is 1.94. The zero-order chi connectivity index (χ0) is 12.4. The molecule has 0 saturated heterocycles. The average molecular weight is 230 g/mol. The number of nitrogens with two attached hydrogens (primary N) is 1. The number of nitrogens with zero attached hydrogens (tertiary/aromatic N) is 1. The molecule has 2 N–H and O–H groups in total. The molecule has 0 fully saturated rings. The minimum absolute atomic E-state index is 0.384. The number of methoxy groups -OCH3 is 1. The summed E-state index contributed by atoms with van der Waals surface area (Å²) in [4.78, 5) is 4.67. The van der Waals surface area contributed by atoms with Crippen LogP contribution in [0, 0.1) is 0 Å². The molecular weight excluding hydrogens is 212 g/mol. The molecule has 0 bridgehead atoms. The maximum atomic E-state index is 5.81. The van der Waals surface area contributed by atoms with Gasteiger partial charge in [-0.05, 0) is 23.6 Å². The normalized spacial score (nSPS) is 11.1. The third kappa shape index (κ3) is 2.11. The summed E-state index contributed by atoms with van der Waals surface area (Å²) in [5.74, 6) is 1.19. The highest BCUT2D eigenvalue weighted by Gasteiger charge is 2.10. The molecule has 0 saturated carbocycles. The molecule has 0 unspecified atom stereocenters. The zero-order valence-electron chi connectivity index (χ0n) is 10.5. The molecule has 0 aliphatic carbocycles. The Hall–Kier alpha value is -1.61. The minimum Gasteiger partial charge on any atom is -0.494 e. The van der Waals surface area contributed by atoms with E-state index in [1.807, 2.05) is 18.2 Å². The average Bonchev–Trinajstić information content (AvgIpc) is 2.36. The Morgan fingerprint density at radius 1 is 1.35 bits per heavy atom. The van der Waals surface area contributed by atoms with Gasteiger partial charge in [-0.1, -0.05) is 26.0 Å². The van der Waals surface area contributed by atoms with E-state index < -0.39 is 0 Å². The zero-order valence-corrected chi connectivity index (χ0v) is 10.5. The van der Waals surface area contributed by atoms with Crippen molar-refractivity contribution in [3.05, 3.63) is 35.5 Å². The lowest BCUT2D eigenvalue weighted by molar-refractivity contribution is 0.418. The molecule has 1 heterocycles. The van der Waals surface area contributed by atoms with E-state index in [1.165, 1.54) is 0 Å². The van der Waals surface area contributed by atoms with Gasteiger partial charge in [-0.2, -0.15) is 0 Å². The van der Waals surface area contributed by atoms with E-state index in [2.05, 4.69) is 24.9 Å². The van der Waals surface area contributed by atoms with Gasteiger partial charge in [-0.15, -0.1) is 0 Å². The van der Waals surface area contributed by atoms with Crippen LogP contribution in [-0.2, 0) is 6.54 Å². The first-order valence-corrected chi connectivity index (χ1v) is 5.84. The molecule has 2 aromatic rings. The number of pyridine rings is 1. The molecule has 3 nitrogen and oxygen atoms in total. The molecule has 0 atom stereocenters. The Morgan fingerprint density at radius 3 is 2.71 bits per heavy atom. The van der Waals surface area contributed by atoms with Gasteiger partial charge in [0.25, 0.3) is 0 Å². The van der Waals surface area contributed by atoms with E-state index in [1.54, 1.807) is 7.11 Å². The Morgan fingerprint density at radius 2 is 2.12 bits per heavy atom. The number of benzene rings is 1. The highest BCUT2D eigenvalue weighted by Crippen LogP contribution is 2.28. The minimum atomic E-state index is 0.384. The van der Waals surface area contributed by atoms with Crippen molar-refractivity contribution in [2.75, 3.05) is 7.11 Å². The molecular formula is C14H18N2O. The van der Waals surface area contributed by atoms with Crippen LogP contribution in [0.15, 0.2) is 24.3 Å². The van der Waals surface area contributed by atoms with Crippen LogP contribution in [0.3, 0.4) is 0 Å². The van der Waals surface area contributed by atoms with E-state index in [-0.39, 0.29) is 0 Å². The molecule has 2 rings (SSSR count). The first-order valence-electron chi connectivity index (χ1n) is 5.84. The smallest absolute Gasteiger partial charge is 0.145 e. The second kappa shape index (κ2) is 4.72.